The molecule has 0 aromatic carbocycles. The van der Waals surface area contributed by atoms with Gasteiger partial charge in [-0.1, -0.05) is 6.08 Å². The molecule has 1 heterocycles. The molecule has 0 saturated carbocycles. The minimum atomic E-state index is 0.0411. The summed E-state index contributed by atoms with van der Waals surface area (Å²) in [5.41, 5.74) is 1.29. The van der Waals surface area contributed by atoms with E-state index >= 15 is 0 Å². The minimum absolute atomic E-state index is 0.0411. The molecule has 0 atom stereocenters. The zero-order chi connectivity index (χ0) is 12.9. The van der Waals surface area contributed by atoms with E-state index in [4.69, 9.17) is 0 Å². The lowest BCUT2D eigenvalue weighted by Gasteiger charge is -2.36. The van der Waals surface area contributed by atoms with Crippen LogP contribution in [0.2, 0.25) is 0 Å². The van der Waals surface area contributed by atoms with Gasteiger partial charge >= 0.3 is 0 Å². The summed E-state index contributed by atoms with van der Waals surface area (Å²) in [6.45, 7) is 12.0. The van der Waals surface area contributed by atoms with E-state index in [-0.39, 0.29) is 5.54 Å². The summed E-state index contributed by atoms with van der Waals surface area (Å²) < 4.78 is 0. The van der Waals surface area contributed by atoms with Crippen molar-refractivity contribution in [3.63, 3.8) is 0 Å². The van der Waals surface area contributed by atoms with Gasteiger partial charge in [0, 0.05) is 24.8 Å². The molecule has 0 aliphatic carbocycles. The lowest BCUT2D eigenvalue weighted by molar-refractivity contribution is 0.517. The molecular weight excluding hydrogens is 210 g/mol. The van der Waals surface area contributed by atoms with Gasteiger partial charge in [-0.05, 0) is 45.5 Å². The summed E-state index contributed by atoms with van der Waals surface area (Å²) in [6, 6.07) is 4.17. The molecule has 94 valence electrons. The van der Waals surface area contributed by atoms with Crippen molar-refractivity contribution in [2.24, 2.45) is 0 Å². The normalized spacial score (nSPS) is 11.3. The van der Waals surface area contributed by atoms with E-state index < -0.39 is 0 Å². The highest BCUT2D eigenvalue weighted by Gasteiger charge is 2.21. The number of nitrogens with zero attached hydrogens (tertiary/aromatic N) is 2. The zero-order valence-electron chi connectivity index (χ0n) is 11.3. The Balaban J connectivity index is 3.01. The Labute approximate surface area is 105 Å². The third kappa shape index (κ3) is 3.86. The molecule has 17 heavy (non-hydrogen) atoms. The molecule has 0 bridgehead atoms. The first-order valence-electron chi connectivity index (χ1n) is 5.97. The SMILES string of the molecule is C=CCN(c1cc(CNC)ccn1)C(C)(C)C. The molecular formula is C14H23N3. The van der Waals surface area contributed by atoms with Crippen molar-refractivity contribution in [2.75, 3.05) is 18.5 Å². The highest BCUT2D eigenvalue weighted by molar-refractivity contribution is 5.44. The summed E-state index contributed by atoms with van der Waals surface area (Å²) in [5.74, 6) is 1.00. The monoisotopic (exact) mass is 233 g/mol. The van der Waals surface area contributed by atoms with Gasteiger partial charge in [0.2, 0.25) is 0 Å². The molecule has 1 N–H and O–H groups in total. The van der Waals surface area contributed by atoms with Crippen LogP contribution in [-0.4, -0.2) is 24.1 Å². The molecule has 0 aliphatic rings. The van der Waals surface area contributed by atoms with E-state index in [1.165, 1.54) is 5.56 Å². The van der Waals surface area contributed by atoms with Crippen molar-refractivity contribution in [3.05, 3.63) is 36.5 Å². The van der Waals surface area contributed by atoms with Crippen molar-refractivity contribution < 1.29 is 0 Å². The maximum Gasteiger partial charge on any atom is 0.129 e. The molecule has 1 aromatic rings. The van der Waals surface area contributed by atoms with Gasteiger partial charge in [0.15, 0.2) is 0 Å². The van der Waals surface area contributed by atoms with E-state index in [0.717, 1.165) is 18.9 Å². The van der Waals surface area contributed by atoms with Crippen molar-refractivity contribution in [3.8, 4) is 0 Å². The third-order valence-electron chi connectivity index (χ3n) is 2.59. The fourth-order valence-corrected chi connectivity index (χ4v) is 1.76. The Hall–Kier alpha value is -1.35. The van der Waals surface area contributed by atoms with Crippen LogP contribution in [0.25, 0.3) is 0 Å². The van der Waals surface area contributed by atoms with Crippen LogP contribution < -0.4 is 10.2 Å². The van der Waals surface area contributed by atoms with Gasteiger partial charge in [0.1, 0.15) is 5.82 Å². The van der Waals surface area contributed by atoms with E-state index in [1.807, 2.05) is 25.4 Å². The molecule has 0 fully saturated rings. The van der Waals surface area contributed by atoms with Gasteiger partial charge in [-0.25, -0.2) is 4.98 Å². The summed E-state index contributed by atoms with van der Waals surface area (Å²) in [6.07, 6.45) is 3.78. The number of hydrogen-bond donors (Lipinski definition) is 1. The minimum Gasteiger partial charge on any atom is -0.348 e. The summed E-state index contributed by atoms with van der Waals surface area (Å²) in [4.78, 5) is 6.71. The van der Waals surface area contributed by atoms with Gasteiger partial charge in [-0.2, -0.15) is 0 Å². The maximum absolute atomic E-state index is 4.46. The van der Waals surface area contributed by atoms with E-state index in [2.05, 4.69) is 48.6 Å². The highest BCUT2D eigenvalue weighted by Crippen LogP contribution is 2.22. The fraction of sp³-hybridized carbons (Fsp3) is 0.500. The standard InChI is InChI=1S/C14H23N3/c1-6-9-17(14(2,3)4)13-10-12(11-15-5)7-8-16-13/h6-8,10,15H,1,9,11H2,2-5H3. The molecule has 0 amide bonds. The molecule has 1 aromatic heterocycles. The van der Waals surface area contributed by atoms with Gasteiger partial charge in [0.25, 0.3) is 0 Å². The maximum atomic E-state index is 4.46. The fourth-order valence-electron chi connectivity index (χ4n) is 1.76. The van der Waals surface area contributed by atoms with Crippen LogP contribution >= 0.6 is 0 Å². The largest absolute Gasteiger partial charge is 0.348 e. The van der Waals surface area contributed by atoms with Crippen molar-refractivity contribution in [1.29, 1.82) is 0 Å². The predicted molar refractivity (Wildman–Crippen MR) is 74.3 cm³/mol. The van der Waals surface area contributed by atoms with Gasteiger partial charge < -0.3 is 10.2 Å². The molecule has 1 rings (SSSR count). The van der Waals surface area contributed by atoms with Crippen LogP contribution in [0.3, 0.4) is 0 Å². The van der Waals surface area contributed by atoms with Gasteiger partial charge in [0.05, 0.1) is 0 Å². The van der Waals surface area contributed by atoms with Crippen LogP contribution in [0, 0.1) is 0 Å². The Morgan fingerprint density at radius 3 is 2.71 bits per heavy atom. The predicted octanol–water partition coefficient (Wildman–Crippen LogP) is 2.59. The number of hydrogen-bond acceptors (Lipinski definition) is 3. The number of nitrogens with one attached hydrogen (secondary N) is 1. The number of anilines is 1. The molecule has 3 heteroatoms. The van der Waals surface area contributed by atoms with Crippen molar-refractivity contribution >= 4 is 5.82 Å². The van der Waals surface area contributed by atoms with Crippen LogP contribution in [0.4, 0.5) is 5.82 Å². The van der Waals surface area contributed by atoms with Crippen LogP contribution in [0.1, 0.15) is 26.3 Å². The van der Waals surface area contributed by atoms with Crippen LogP contribution in [-0.2, 0) is 6.54 Å². The van der Waals surface area contributed by atoms with E-state index in [9.17, 15) is 0 Å². The molecule has 0 spiro atoms. The van der Waals surface area contributed by atoms with Crippen LogP contribution in [0.5, 0.6) is 0 Å². The quantitative estimate of drug-likeness (QED) is 0.792. The topological polar surface area (TPSA) is 28.2 Å². The first kappa shape index (κ1) is 13.7. The summed E-state index contributed by atoms with van der Waals surface area (Å²) >= 11 is 0. The van der Waals surface area contributed by atoms with E-state index in [0.29, 0.717) is 0 Å². The van der Waals surface area contributed by atoms with Crippen molar-refractivity contribution in [2.45, 2.75) is 32.9 Å². The van der Waals surface area contributed by atoms with Crippen LogP contribution in [0.15, 0.2) is 31.0 Å². The highest BCUT2D eigenvalue weighted by atomic mass is 15.2. The second-order valence-corrected chi connectivity index (χ2v) is 5.12. The van der Waals surface area contributed by atoms with Crippen molar-refractivity contribution in [1.82, 2.24) is 10.3 Å². The number of aromatic nitrogens is 1. The lowest BCUT2D eigenvalue weighted by Crippen LogP contribution is -2.42. The first-order chi connectivity index (χ1) is 7.99. The Bertz CT molecular complexity index is 366. The average Bonchev–Trinajstić information content (AvgIpc) is 2.25. The third-order valence-corrected chi connectivity index (χ3v) is 2.59. The second kappa shape index (κ2) is 5.82. The number of pyridine rings is 1. The molecule has 0 radical (unpaired) electrons. The molecule has 0 aliphatic heterocycles. The van der Waals surface area contributed by atoms with Gasteiger partial charge in [-0.15, -0.1) is 6.58 Å². The lowest BCUT2D eigenvalue weighted by atomic mass is 10.1. The second-order valence-electron chi connectivity index (χ2n) is 5.12. The van der Waals surface area contributed by atoms with E-state index in [1.54, 1.807) is 0 Å². The smallest absolute Gasteiger partial charge is 0.129 e. The van der Waals surface area contributed by atoms with Gasteiger partial charge in [-0.3, -0.25) is 0 Å². The summed E-state index contributed by atoms with van der Waals surface area (Å²) in [5, 5.41) is 3.15. The number of rotatable bonds is 5. The summed E-state index contributed by atoms with van der Waals surface area (Å²) in [7, 11) is 1.95. The molecule has 0 unspecified atom stereocenters. The average molecular weight is 233 g/mol. The Morgan fingerprint density at radius 2 is 2.18 bits per heavy atom. The molecule has 0 saturated heterocycles. The first-order valence-corrected chi connectivity index (χ1v) is 5.97. The Morgan fingerprint density at radius 1 is 1.47 bits per heavy atom. The Kier molecular flexibility index (Phi) is 4.70. The zero-order valence-corrected chi connectivity index (χ0v) is 11.3. The molecule has 3 nitrogen and oxygen atoms in total.